The molecule has 0 saturated carbocycles. The fourth-order valence-corrected chi connectivity index (χ4v) is 4.41. The van der Waals surface area contributed by atoms with Gasteiger partial charge in [0.25, 0.3) is 11.1 Å². The second-order valence-electron chi connectivity index (χ2n) is 6.26. The van der Waals surface area contributed by atoms with Crippen molar-refractivity contribution in [2.24, 2.45) is 0 Å². The first kappa shape index (κ1) is 18.8. The number of hydrogen-bond donors (Lipinski definition) is 0. The molecule has 0 N–H and O–H groups in total. The average Bonchev–Trinajstić information content (AvgIpc) is 2.97. The van der Waals surface area contributed by atoms with Crippen molar-refractivity contribution in [2.75, 3.05) is 7.11 Å². The minimum absolute atomic E-state index is 0.243. The van der Waals surface area contributed by atoms with E-state index < -0.39 is 0 Å². The van der Waals surface area contributed by atoms with Gasteiger partial charge in [0.15, 0.2) is 0 Å². The summed E-state index contributed by atoms with van der Waals surface area (Å²) < 4.78 is 6.30. The largest absolute Gasteiger partial charge is 0.496 e. The van der Waals surface area contributed by atoms with Crippen LogP contribution < -0.4 is 4.74 Å². The third kappa shape index (κ3) is 3.45. The van der Waals surface area contributed by atoms with E-state index in [4.69, 9.17) is 4.74 Å². The number of thioether (sulfide) groups is 1. The Balaban J connectivity index is 1.68. The molecule has 1 aliphatic heterocycles. The van der Waals surface area contributed by atoms with Gasteiger partial charge in [-0.05, 0) is 46.5 Å². The molecule has 0 bridgehead atoms. The predicted octanol–water partition coefficient (Wildman–Crippen LogP) is 5.85. The lowest BCUT2D eigenvalue weighted by Crippen LogP contribution is -2.27. The van der Waals surface area contributed by atoms with E-state index in [-0.39, 0.29) is 17.7 Å². The van der Waals surface area contributed by atoms with Gasteiger partial charge in [0, 0.05) is 9.86 Å². The van der Waals surface area contributed by atoms with E-state index in [2.05, 4.69) is 15.9 Å². The number of imide groups is 1. The number of halogens is 1. The minimum atomic E-state index is -0.273. The van der Waals surface area contributed by atoms with E-state index >= 15 is 0 Å². The van der Waals surface area contributed by atoms with Crippen LogP contribution in [0.5, 0.6) is 5.75 Å². The highest BCUT2D eigenvalue weighted by molar-refractivity contribution is 9.10. The van der Waals surface area contributed by atoms with Crippen molar-refractivity contribution in [2.45, 2.75) is 6.54 Å². The van der Waals surface area contributed by atoms with Crippen molar-refractivity contribution in [3.05, 3.63) is 81.2 Å². The molecule has 28 heavy (non-hydrogen) atoms. The minimum Gasteiger partial charge on any atom is -0.496 e. The number of nitrogens with zero attached hydrogens (tertiary/aromatic N) is 1. The van der Waals surface area contributed by atoms with E-state index in [0.29, 0.717) is 4.91 Å². The van der Waals surface area contributed by atoms with Crippen LogP contribution in [-0.4, -0.2) is 23.2 Å². The molecule has 1 saturated heterocycles. The molecule has 3 aromatic rings. The van der Waals surface area contributed by atoms with Gasteiger partial charge in [-0.15, -0.1) is 0 Å². The predicted molar refractivity (Wildman–Crippen MR) is 116 cm³/mol. The summed E-state index contributed by atoms with van der Waals surface area (Å²) in [6.45, 7) is 0.243. The molecule has 0 aliphatic carbocycles. The van der Waals surface area contributed by atoms with Crippen LogP contribution in [0.2, 0.25) is 0 Å². The smallest absolute Gasteiger partial charge is 0.293 e. The monoisotopic (exact) mass is 453 g/mol. The van der Waals surface area contributed by atoms with Crippen LogP contribution in [0.1, 0.15) is 11.1 Å². The number of amides is 2. The number of hydrogen-bond acceptors (Lipinski definition) is 4. The Morgan fingerprint density at radius 1 is 1.00 bits per heavy atom. The first-order chi connectivity index (χ1) is 13.6. The lowest BCUT2D eigenvalue weighted by Gasteiger charge is -2.13. The molecule has 140 valence electrons. The molecule has 3 aromatic carbocycles. The van der Waals surface area contributed by atoms with Gasteiger partial charge in [0.1, 0.15) is 5.75 Å². The van der Waals surface area contributed by atoms with Gasteiger partial charge >= 0.3 is 0 Å². The summed E-state index contributed by atoms with van der Waals surface area (Å²) in [7, 11) is 1.63. The number of benzene rings is 3. The zero-order valence-corrected chi connectivity index (χ0v) is 17.4. The van der Waals surface area contributed by atoms with E-state index in [0.717, 1.165) is 43.9 Å². The number of ether oxygens (including phenoxy) is 1. The molecule has 1 heterocycles. The highest BCUT2D eigenvalue weighted by atomic mass is 79.9. The summed E-state index contributed by atoms with van der Waals surface area (Å²) in [5, 5.41) is 1.68. The third-order valence-electron chi connectivity index (χ3n) is 4.58. The second kappa shape index (κ2) is 7.81. The van der Waals surface area contributed by atoms with Crippen molar-refractivity contribution in [1.82, 2.24) is 4.90 Å². The topological polar surface area (TPSA) is 46.6 Å². The van der Waals surface area contributed by atoms with Crippen molar-refractivity contribution in [3.63, 3.8) is 0 Å². The van der Waals surface area contributed by atoms with Crippen LogP contribution >= 0.6 is 27.7 Å². The molecular weight excluding hydrogens is 438 g/mol. The Morgan fingerprint density at radius 2 is 1.71 bits per heavy atom. The van der Waals surface area contributed by atoms with Crippen molar-refractivity contribution < 1.29 is 14.3 Å². The van der Waals surface area contributed by atoms with E-state index in [1.807, 2.05) is 60.7 Å². The summed E-state index contributed by atoms with van der Waals surface area (Å²) in [4.78, 5) is 27.0. The standard InChI is InChI=1S/C22H16BrNO3S/c1-27-19-11-10-14(16-7-3-4-8-17(16)19)12-20-21(25)24(22(26)28-20)13-15-6-2-5-9-18(15)23/h2-12H,13H2,1H3/b20-12+. The maximum atomic E-state index is 12.9. The Labute approximate surface area is 175 Å². The summed E-state index contributed by atoms with van der Waals surface area (Å²) in [6, 6.07) is 19.2. The van der Waals surface area contributed by atoms with Crippen LogP contribution in [0.3, 0.4) is 0 Å². The van der Waals surface area contributed by atoms with Gasteiger partial charge in [-0.2, -0.15) is 0 Å². The summed E-state index contributed by atoms with van der Waals surface area (Å²) in [5.74, 6) is 0.500. The Morgan fingerprint density at radius 3 is 2.46 bits per heavy atom. The fraction of sp³-hybridized carbons (Fsp3) is 0.0909. The first-order valence-electron chi connectivity index (χ1n) is 8.63. The van der Waals surface area contributed by atoms with Crippen molar-refractivity contribution in [1.29, 1.82) is 0 Å². The van der Waals surface area contributed by atoms with E-state index in [9.17, 15) is 9.59 Å². The lowest BCUT2D eigenvalue weighted by atomic mass is 10.0. The van der Waals surface area contributed by atoms with Crippen LogP contribution in [-0.2, 0) is 11.3 Å². The molecule has 6 heteroatoms. The Kier molecular flexibility index (Phi) is 5.24. The maximum Gasteiger partial charge on any atom is 0.293 e. The van der Waals surface area contributed by atoms with Gasteiger partial charge in [-0.25, -0.2) is 0 Å². The highest BCUT2D eigenvalue weighted by Crippen LogP contribution is 2.36. The average molecular weight is 454 g/mol. The first-order valence-corrected chi connectivity index (χ1v) is 10.2. The van der Waals surface area contributed by atoms with Gasteiger partial charge in [-0.1, -0.05) is 64.5 Å². The van der Waals surface area contributed by atoms with Crippen LogP contribution in [0.15, 0.2) is 70.0 Å². The fourth-order valence-electron chi connectivity index (χ4n) is 3.17. The molecule has 0 unspecified atom stereocenters. The number of methoxy groups -OCH3 is 1. The molecule has 0 aromatic heterocycles. The number of fused-ring (bicyclic) bond motifs is 1. The number of rotatable bonds is 4. The van der Waals surface area contributed by atoms with Crippen LogP contribution in [0.4, 0.5) is 4.79 Å². The van der Waals surface area contributed by atoms with E-state index in [1.54, 1.807) is 13.2 Å². The zero-order valence-electron chi connectivity index (χ0n) is 15.0. The Hall–Kier alpha value is -2.57. The van der Waals surface area contributed by atoms with Gasteiger partial charge in [0.2, 0.25) is 0 Å². The summed E-state index contributed by atoms with van der Waals surface area (Å²) in [6.07, 6.45) is 1.78. The van der Waals surface area contributed by atoms with Crippen molar-refractivity contribution >= 4 is 55.7 Å². The van der Waals surface area contributed by atoms with Gasteiger partial charge < -0.3 is 4.74 Å². The summed E-state index contributed by atoms with van der Waals surface area (Å²) >= 11 is 4.44. The number of carbonyl (C=O) groups is 2. The van der Waals surface area contributed by atoms with E-state index in [1.165, 1.54) is 4.90 Å². The number of carbonyl (C=O) groups excluding carboxylic acids is 2. The molecule has 4 nitrogen and oxygen atoms in total. The third-order valence-corrected chi connectivity index (χ3v) is 6.27. The van der Waals surface area contributed by atoms with Crippen LogP contribution in [0.25, 0.3) is 16.8 Å². The second-order valence-corrected chi connectivity index (χ2v) is 8.11. The van der Waals surface area contributed by atoms with Crippen molar-refractivity contribution in [3.8, 4) is 5.75 Å². The normalized spacial score (nSPS) is 15.6. The zero-order chi connectivity index (χ0) is 19.7. The lowest BCUT2D eigenvalue weighted by molar-refractivity contribution is -0.123. The summed E-state index contributed by atoms with van der Waals surface area (Å²) in [5.41, 5.74) is 1.77. The molecule has 1 aliphatic rings. The van der Waals surface area contributed by atoms with Crippen LogP contribution in [0, 0.1) is 0 Å². The molecular formula is C22H16BrNO3S. The van der Waals surface area contributed by atoms with Gasteiger partial charge in [-0.3, -0.25) is 14.5 Å². The highest BCUT2D eigenvalue weighted by Gasteiger charge is 2.35. The Bertz CT molecular complexity index is 1130. The molecule has 1 fully saturated rings. The quantitative estimate of drug-likeness (QED) is 0.465. The molecule has 0 atom stereocenters. The molecule has 0 radical (unpaired) electrons. The molecule has 2 amide bonds. The molecule has 4 rings (SSSR count). The van der Waals surface area contributed by atoms with Gasteiger partial charge in [0.05, 0.1) is 18.6 Å². The maximum absolute atomic E-state index is 12.9. The molecule has 0 spiro atoms. The SMILES string of the molecule is COc1ccc(/C=C2/SC(=O)N(Cc3ccccc3Br)C2=O)c2ccccc12.